The zero-order chi connectivity index (χ0) is 23.1. The van der Waals surface area contributed by atoms with Crippen molar-refractivity contribution < 1.29 is 18.9 Å². The number of aromatic amines is 1. The van der Waals surface area contributed by atoms with E-state index in [0.717, 1.165) is 27.3 Å². The van der Waals surface area contributed by atoms with Gasteiger partial charge in [-0.25, -0.2) is 4.98 Å². The lowest BCUT2D eigenvalue weighted by Gasteiger charge is -2.23. The van der Waals surface area contributed by atoms with E-state index < -0.39 is 5.79 Å². The van der Waals surface area contributed by atoms with Crippen molar-refractivity contribution >= 4 is 22.6 Å². The van der Waals surface area contributed by atoms with Crippen molar-refractivity contribution in [2.24, 2.45) is 0 Å². The summed E-state index contributed by atoms with van der Waals surface area (Å²) in [5, 5.41) is 8.80. The van der Waals surface area contributed by atoms with Gasteiger partial charge in [0.15, 0.2) is 11.4 Å². The summed E-state index contributed by atoms with van der Waals surface area (Å²) >= 11 is 6.35. The number of halogens is 1. The molecule has 172 valence electrons. The fourth-order valence-electron chi connectivity index (χ4n) is 3.54. The summed E-state index contributed by atoms with van der Waals surface area (Å²) in [4.78, 5) is 8.72. The first-order valence-corrected chi connectivity index (χ1v) is 11.0. The molecule has 0 saturated carbocycles. The molecule has 1 saturated heterocycles. The van der Waals surface area contributed by atoms with Crippen molar-refractivity contribution in [3.05, 3.63) is 40.2 Å². The van der Waals surface area contributed by atoms with Gasteiger partial charge in [0.05, 0.1) is 12.0 Å². The van der Waals surface area contributed by atoms with Gasteiger partial charge in [0, 0.05) is 16.8 Å². The summed E-state index contributed by atoms with van der Waals surface area (Å²) < 4.78 is 23.1. The van der Waals surface area contributed by atoms with E-state index in [2.05, 4.69) is 40.9 Å². The number of fused-ring (bicyclic) bond motifs is 1. The summed E-state index contributed by atoms with van der Waals surface area (Å²) in [6.07, 6.45) is 1.53. The second-order valence-electron chi connectivity index (χ2n) is 9.48. The molecule has 0 aliphatic carbocycles. The van der Waals surface area contributed by atoms with Gasteiger partial charge in [-0.1, -0.05) is 32.4 Å². The quantitative estimate of drug-likeness (QED) is 0.568. The maximum absolute atomic E-state index is 6.35. The van der Waals surface area contributed by atoms with Crippen LogP contribution >= 0.6 is 11.6 Å². The number of hydrogen-bond acceptors (Lipinski definition) is 7. The average Bonchev–Trinajstić information content (AvgIpc) is 3.28. The van der Waals surface area contributed by atoms with Gasteiger partial charge in [0.2, 0.25) is 0 Å². The Morgan fingerprint density at radius 1 is 1.25 bits per heavy atom. The summed E-state index contributed by atoms with van der Waals surface area (Å²) in [6.45, 7) is 13.2. The largest absolute Gasteiger partial charge is 0.487 e. The van der Waals surface area contributed by atoms with E-state index in [1.807, 2.05) is 32.9 Å². The molecule has 0 bridgehead atoms. The third-order valence-corrected chi connectivity index (χ3v) is 5.68. The maximum atomic E-state index is 6.35. The van der Waals surface area contributed by atoms with Crippen LogP contribution in [-0.2, 0) is 21.5 Å². The molecule has 2 aromatic heterocycles. The third kappa shape index (κ3) is 4.98. The van der Waals surface area contributed by atoms with Gasteiger partial charge < -0.3 is 18.9 Å². The van der Waals surface area contributed by atoms with E-state index in [-0.39, 0.29) is 24.1 Å². The Balaban J connectivity index is 1.46. The minimum Gasteiger partial charge on any atom is -0.487 e. The third-order valence-electron chi connectivity index (χ3n) is 5.27. The minimum atomic E-state index is -0.591. The Morgan fingerprint density at radius 3 is 2.72 bits per heavy atom. The molecule has 1 fully saturated rings. The first-order valence-electron chi connectivity index (χ1n) is 10.6. The fourth-order valence-corrected chi connectivity index (χ4v) is 3.71. The van der Waals surface area contributed by atoms with Crippen molar-refractivity contribution in [2.45, 2.75) is 65.5 Å². The average molecular weight is 461 g/mol. The van der Waals surface area contributed by atoms with Crippen LogP contribution in [0.4, 0.5) is 0 Å². The number of H-pyrrole nitrogens is 1. The van der Waals surface area contributed by atoms with Gasteiger partial charge in [0.25, 0.3) is 0 Å². The SMILES string of the molecule is Cc1cc(OCc2n[nH]c3nc(OCC4COC(C)(C)O4)ncc23)c(C(C)(C)C)cc1Cl. The molecule has 1 aliphatic rings. The number of aryl methyl sites for hydroxylation is 1. The number of nitrogens with one attached hydrogen (secondary N) is 1. The normalized spacial score (nSPS) is 18.3. The van der Waals surface area contributed by atoms with E-state index >= 15 is 0 Å². The van der Waals surface area contributed by atoms with Crippen LogP contribution in [0.2, 0.25) is 5.02 Å². The zero-order valence-electron chi connectivity index (χ0n) is 19.3. The van der Waals surface area contributed by atoms with Crippen molar-refractivity contribution in [3.63, 3.8) is 0 Å². The molecule has 32 heavy (non-hydrogen) atoms. The molecule has 1 atom stereocenters. The van der Waals surface area contributed by atoms with Crippen molar-refractivity contribution in [1.29, 1.82) is 0 Å². The van der Waals surface area contributed by atoms with E-state index in [1.165, 1.54) is 0 Å². The van der Waals surface area contributed by atoms with Crippen molar-refractivity contribution in [3.8, 4) is 11.8 Å². The summed E-state index contributed by atoms with van der Waals surface area (Å²) in [5.74, 6) is 0.199. The van der Waals surface area contributed by atoms with Gasteiger partial charge in [0.1, 0.15) is 30.8 Å². The van der Waals surface area contributed by atoms with E-state index in [9.17, 15) is 0 Å². The lowest BCUT2D eigenvalue weighted by atomic mass is 9.86. The molecule has 1 aromatic carbocycles. The van der Waals surface area contributed by atoms with Gasteiger partial charge >= 0.3 is 6.01 Å². The lowest BCUT2D eigenvalue weighted by molar-refractivity contribution is -0.141. The zero-order valence-corrected chi connectivity index (χ0v) is 20.0. The smallest absolute Gasteiger partial charge is 0.318 e. The highest BCUT2D eigenvalue weighted by Gasteiger charge is 2.33. The summed E-state index contributed by atoms with van der Waals surface area (Å²) in [5.41, 5.74) is 3.20. The Hall–Kier alpha value is -2.42. The minimum absolute atomic E-state index is 0.112. The molecule has 0 amide bonds. The molecule has 8 nitrogen and oxygen atoms in total. The van der Waals surface area contributed by atoms with Crippen molar-refractivity contribution in [2.75, 3.05) is 13.2 Å². The lowest BCUT2D eigenvalue weighted by Crippen LogP contribution is -2.25. The van der Waals surface area contributed by atoms with Crippen LogP contribution in [0.1, 0.15) is 51.4 Å². The van der Waals surface area contributed by atoms with E-state index in [1.54, 1.807) is 6.20 Å². The van der Waals surface area contributed by atoms with Crippen LogP contribution < -0.4 is 9.47 Å². The van der Waals surface area contributed by atoms with E-state index in [4.69, 9.17) is 30.5 Å². The van der Waals surface area contributed by atoms with E-state index in [0.29, 0.717) is 24.6 Å². The molecule has 1 N–H and O–H groups in total. The molecule has 3 heterocycles. The Kier molecular flexibility index (Phi) is 6.04. The number of rotatable bonds is 6. The van der Waals surface area contributed by atoms with Gasteiger partial charge in [-0.05, 0) is 43.9 Å². The predicted octanol–water partition coefficient (Wildman–Crippen LogP) is 4.72. The fraction of sp³-hybridized carbons (Fsp3) is 0.522. The Bertz CT molecular complexity index is 1120. The predicted molar refractivity (Wildman–Crippen MR) is 121 cm³/mol. The molecule has 0 radical (unpaired) electrons. The Labute approximate surface area is 192 Å². The van der Waals surface area contributed by atoms with Crippen molar-refractivity contribution in [1.82, 2.24) is 20.2 Å². The summed E-state index contributed by atoms with van der Waals surface area (Å²) in [7, 11) is 0. The number of benzene rings is 1. The highest BCUT2D eigenvalue weighted by molar-refractivity contribution is 6.31. The van der Waals surface area contributed by atoms with Gasteiger partial charge in [-0.15, -0.1) is 0 Å². The second kappa shape index (κ2) is 8.50. The number of nitrogens with zero attached hydrogens (tertiary/aromatic N) is 3. The highest BCUT2D eigenvalue weighted by Crippen LogP contribution is 2.36. The van der Waals surface area contributed by atoms with Crippen LogP contribution in [0.3, 0.4) is 0 Å². The van der Waals surface area contributed by atoms with Crippen LogP contribution in [0.15, 0.2) is 18.3 Å². The Morgan fingerprint density at radius 2 is 2.03 bits per heavy atom. The van der Waals surface area contributed by atoms with Crippen LogP contribution in [0, 0.1) is 6.92 Å². The number of hydrogen-bond donors (Lipinski definition) is 1. The molecular formula is C23H29ClN4O4. The topological polar surface area (TPSA) is 91.4 Å². The van der Waals surface area contributed by atoms with Crippen LogP contribution in [-0.4, -0.2) is 45.3 Å². The highest BCUT2D eigenvalue weighted by atomic mass is 35.5. The van der Waals surface area contributed by atoms with Crippen LogP contribution in [0.25, 0.3) is 11.0 Å². The standard InChI is InChI=1S/C23H29ClN4O4/c1-13-7-19(16(8-17(13)24)22(2,3)4)29-12-18-15-9-25-21(26-20(15)28-27-18)30-10-14-11-31-23(5,6)32-14/h7-9,14H,10-12H2,1-6H3,(H,25,26,27,28). The molecular weight excluding hydrogens is 432 g/mol. The molecule has 1 aliphatic heterocycles. The first-order chi connectivity index (χ1) is 15.0. The molecule has 1 unspecified atom stereocenters. The molecule has 9 heteroatoms. The number of aromatic nitrogens is 4. The second-order valence-corrected chi connectivity index (χ2v) is 9.89. The van der Waals surface area contributed by atoms with Gasteiger partial charge in [-0.3, -0.25) is 5.10 Å². The van der Waals surface area contributed by atoms with Crippen LogP contribution in [0.5, 0.6) is 11.8 Å². The molecule has 0 spiro atoms. The first kappa shape index (κ1) is 22.8. The van der Waals surface area contributed by atoms with Gasteiger partial charge in [-0.2, -0.15) is 10.1 Å². The monoisotopic (exact) mass is 460 g/mol. The molecule has 4 rings (SSSR count). The molecule has 3 aromatic rings. The number of ether oxygens (including phenoxy) is 4. The summed E-state index contributed by atoms with van der Waals surface area (Å²) in [6, 6.07) is 4.20. The maximum Gasteiger partial charge on any atom is 0.318 e.